The number of imide groups is 1. The van der Waals surface area contributed by atoms with Crippen LogP contribution in [0.25, 0.3) is 21.3 Å². The van der Waals surface area contributed by atoms with Crippen molar-refractivity contribution in [3.05, 3.63) is 130 Å². The van der Waals surface area contributed by atoms with Gasteiger partial charge < -0.3 is 29.9 Å². The number of aliphatic hydroxyl groups excluding tert-OH is 2. The molecule has 4 aliphatic rings. The molecule has 0 aliphatic carbocycles. The monoisotopic (exact) mass is 996 g/mol. The number of hydrogen-bond acceptors (Lipinski definition) is 14. The number of aromatic nitrogens is 2. The van der Waals surface area contributed by atoms with Gasteiger partial charge in [-0.3, -0.25) is 39.6 Å². The highest BCUT2D eigenvalue weighted by molar-refractivity contribution is 7.22. The van der Waals surface area contributed by atoms with Gasteiger partial charge in [0.1, 0.15) is 29.1 Å². The van der Waals surface area contributed by atoms with Gasteiger partial charge in [-0.1, -0.05) is 67.0 Å². The number of carbonyl (C=O) groups is 4. The van der Waals surface area contributed by atoms with E-state index in [9.17, 15) is 34.5 Å². The molecule has 18 heteroatoms. The minimum absolute atomic E-state index is 0.0290. The molecule has 2 aromatic heterocycles. The van der Waals surface area contributed by atoms with Crippen LogP contribution in [0.15, 0.2) is 84.9 Å². The van der Waals surface area contributed by atoms with Crippen molar-refractivity contribution in [1.29, 1.82) is 0 Å². The Kier molecular flexibility index (Phi) is 14.3. The molecular formula is C54H57FN8O8S. The van der Waals surface area contributed by atoms with E-state index in [1.165, 1.54) is 17.4 Å². The lowest BCUT2D eigenvalue weighted by Crippen LogP contribution is -2.53. The third kappa shape index (κ3) is 10.0. The fourth-order valence-corrected chi connectivity index (χ4v) is 11.3. The summed E-state index contributed by atoms with van der Waals surface area (Å²) in [5.41, 5.74) is 6.37. The maximum atomic E-state index is 15.5. The van der Waals surface area contributed by atoms with E-state index in [1.807, 2.05) is 84.6 Å². The Labute approximate surface area is 420 Å². The second kappa shape index (κ2) is 21.1. The van der Waals surface area contributed by atoms with Crippen LogP contribution in [-0.4, -0.2) is 111 Å². The number of para-hydroxylation sites is 1. The Balaban J connectivity index is 0.678. The molecule has 6 heterocycles. The van der Waals surface area contributed by atoms with Crippen molar-refractivity contribution < 1.29 is 43.6 Å². The van der Waals surface area contributed by atoms with Crippen LogP contribution in [0.4, 0.5) is 21.0 Å². The zero-order valence-electron chi connectivity index (χ0n) is 40.0. The molecule has 4 aliphatic heterocycles. The molecule has 6 aromatic rings. The van der Waals surface area contributed by atoms with E-state index in [2.05, 4.69) is 25.4 Å². The van der Waals surface area contributed by atoms with Gasteiger partial charge in [-0.25, -0.2) is 14.4 Å². The lowest BCUT2D eigenvalue weighted by Gasteiger charge is -2.36. The molecule has 2 fully saturated rings. The number of amides is 4. The summed E-state index contributed by atoms with van der Waals surface area (Å²) >= 11 is 1.43. The van der Waals surface area contributed by atoms with Gasteiger partial charge in [0.25, 0.3) is 11.8 Å². The summed E-state index contributed by atoms with van der Waals surface area (Å²) in [6.07, 6.45) is 2.62. The summed E-state index contributed by atoms with van der Waals surface area (Å²) in [6.45, 7) is 7.15. The van der Waals surface area contributed by atoms with E-state index in [1.54, 1.807) is 0 Å². The van der Waals surface area contributed by atoms with Gasteiger partial charge >= 0.3 is 0 Å². The maximum absolute atomic E-state index is 15.5. The number of pyridine rings is 1. The molecule has 16 nitrogen and oxygen atoms in total. The van der Waals surface area contributed by atoms with Crippen molar-refractivity contribution in [3.63, 3.8) is 0 Å². The highest BCUT2D eigenvalue weighted by Crippen LogP contribution is 2.40. The third-order valence-electron chi connectivity index (χ3n) is 14.3. The number of ether oxygens (including phenoxy) is 1. The summed E-state index contributed by atoms with van der Waals surface area (Å²) in [4.78, 5) is 67.7. The number of piperidine rings is 1. The fraction of sp³-hybridized carbons (Fsp3) is 0.370. The maximum Gasteiger partial charge on any atom is 0.257 e. The second-order valence-corrected chi connectivity index (χ2v) is 19.9. The predicted molar refractivity (Wildman–Crippen MR) is 271 cm³/mol. The largest absolute Gasteiger partial charge is 0.493 e. The van der Waals surface area contributed by atoms with Crippen molar-refractivity contribution in [1.82, 2.24) is 25.1 Å². The van der Waals surface area contributed by atoms with E-state index in [-0.39, 0.29) is 35.6 Å². The first-order valence-corrected chi connectivity index (χ1v) is 25.5. The lowest BCUT2D eigenvalue weighted by atomic mass is 9.94. The number of nitrogens with one attached hydrogen (secondary N) is 2. The molecule has 0 spiro atoms. The van der Waals surface area contributed by atoms with E-state index in [0.29, 0.717) is 67.0 Å². The Morgan fingerprint density at radius 1 is 0.861 bits per heavy atom. The van der Waals surface area contributed by atoms with Crippen LogP contribution in [0.1, 0.15) is 106 Å². The average molecular weight is 997 g/mol. The number of carbonyl (C=O) groups excluding carboxylic acids is 4. The smallest absolute Gasteiger partial charge is 0.257 e. The normalized spacial score (nSPS) is 18.2. The van der Waals surface area contributed by atoms with Crippen molar-refractivity contribution in [3.8, 4) is 16.9 Å². The number of fused-ring (bicyclic) bond motifs is 3. The number of benzene rings is 4. The van der Waals surface area contributed by atoms with Crippen LogP contribution in [-0.2, 0) is 22.6 Å². The number of unbranched alkanes of at least 4 members (excludes halogenated alkanes) is 4. The van der Waals surface area contributed by atoms with Crippen LogP contribution in [0, 0.1) is 12.7 Å². The second-order valence-electron chi connectivity index (χ2n) is 18.8. The molecular weight excluding hydrogens is 940 g/mol. The van der Waals surface area contributed by atoms with E-state index >= 15 is 4.39 Å². The van der Waals surface area contributed by atoms with Gasteiger partial charge in [-0.2, -0.15) is 0 Å². The molecule has 4 aromatic carbocycles. The lowest BCUT2D eigenvalue weighted by molar-refractivity contribution is -0.139. The molecule has 0 bridgehead atoms. The molecule has 2 atom stereocenters. The Morgan fingerprint density at radius 2 is 1.65 bits per heavy atom. The molecule has 2 saturated heterocycles. The molecule has 10 rings (SSSR count). The van der Waals surface area contributed by atoms with Gasteiger partial charge in [0.05, 0.1) is 28.1 Å². The first-order chi connectivity index (χ1) is 34.9. The van der Waals surface area contributed by atoms with Gasteiger partial charge in [-0.15, -0.1) is 0 Å². The highest BCUT2D eigenvalue weighted by atomic mass is 32.1. The van der Waals surface area contributed by atoms with Crippen molar-refractivity contribution in [2.24, 2.45) is 0 Å². The van der Waals surface area contributed by atoms with Crippen molar-refractivity contribution >= 4 is 61.8 Å². The van der Waals surface area contributed by atoms with Gasteiger partial charge in [-0.05, 0) is 110 Å². The number of rotatable bonds is 16. The van der Waals surface area contributed by atoms with E-state index in [4.69, 9.17) is 9.72 Å². The molecule has 72 heavy (non-hydrogen) atoms. The number of aliphatic hydroxyl groups is 3. The van der Waals surface area contributed by atoms with Crippen LogP contribution >= 0.6 is 11.3 Å². The summed E-state index contributed by atoms with van der Waals surface area (Å²) in [7, 11) is 0. The molecule has 5 N–H and O–H groups in total. The fourth-order valence-electron chi connectivity index (χ4n) is 10.4. The Bertz CT molecular complexity index is 3020. The van der Waals surface area contributed by atoms with Crippen molar-refractivity contribution in [2.45, 2.75) is 83.4 Å². The number of thiazole rings is 1. The number of nitrogens with zero attached hydrogens (tertiary/aromatic N) is 6. The quantitative estimate of drug-likeness (QED) is 0.0377. The van der Waals surface area contributed by atoms with Gasteiger partial charge in [0.15, 0.2) is 17.6 Å². The minimum Gasteiger partial charge on any atom is -0.493 e. The summed E-state index contributed by atoms with van der Waals surface area (Å²) in [5.74, 6) is -1.19. The summed E-state index contributed by atoms with van der Waals surface area (Å²) in [6, 6.07) is 24.7. The molecule has 2 unspecified atom stereocenters. The number of anilines is 3. The first kappa shape index (κ1) is 48.8. The summed E-state index contributed by atoms with van der Waals surface area (Å²) in [5, 5.41) is 38.1. The number of piperazine rings is 1. The predicted octanol–water partition coefficient (Wildman–Crippen LogP) is 7.01. The zero-order chi connectivity index (χ0) is 50.0. The van der Waals surface area contributed by atoms with E-state index < -0.39 is 42.1 Å². The number of hydrogen-bond donors (Lipinski definition) is 5. The molecule has 0 saturated carbocycles. The Hall–Kier alpha value is -6.83. The average Bonchev–Trinajstić information content (AvgIpc) is 3.90. The van der Waals surface area contributed by atoms with Crippen LogP contribution in [0.2, 0.25) is 0 Å². The Morgan fingerprint density at radius 3 is 2.46 bits per heavy atom. The van der Waals surface area contributed by atoms with Crippen LogP contribution in [0.5, 0.6) is 5.75 Å². The summed E-state index contributed by atoms with van der Waals surface area (Å²) < 4.78 is 22.7. The molecule has 374 valence electrons. The highest BCUT2D eigenvalue weighted by Gasteiger charge is 2.45. The third-order valence-corrected chi connectivity index (χ3v) is 15.3. The van der Waals surface area contributed by atoms with Crippen LogP contribution < -0.4 is 25.2 Å². The minimum atomic E-state index is -1.83. The topological polar surface area (TPSA) is 201 Å². The number of halogens is 1. The van der Waals surface area contributed by atoms with Crippen molar-refractivity contribution in [2.75, 3.05) is 61.0 Å². The van der Waals surface area contributed by atoms with E-state index in [0.717, 1.165) is 101 Å². The zero-order valence-corrected chi connectivity index (χ0v) is 40.8. The molecule has 4 amide bonds. The van der Waals surface area contributed by atoms with Crippen LogP contribution in [0.3, 0.4) is 0 Å². The van der Waals surface area contributed by atoms with Gasteiger partial charge in [0, 0.05) is 62.4 Å². The van der Waals surface area contributed by atoms with Gasteiger partial charge in [0.2, 0.25) is 11.8 Å². The first-order valence-electron chi connectivity index (χ1n) is 24.7. The SMILES string of the molecule is Cc1c(OCCCCCCCN2CCN(c3cc4c(cc3F)C(=O)N(C3CCC(=O)NC3=O)C4O)CC2)cccc1-c1ccc(N2CCc3cccc(C(=O)Nc4nc5ccccc5s4)c3C2)nc1C(O)O. The molecule has 0 radical (unpaired) electrons. The standard InChI is InChI=1S/C54H57FN8O8S/c1-32-34(35-17-19-46(57-48(35)53(69)70)62-23-21-33-11-9-13-36(39(33)31-62)49(65)59-54-56-41-14-5-6-16-45(41)72-54)12-10-15-44(32)71-28-8-4-2-3-7-22-60-24-26-61(27-25-60)43-30-38-37(29-40(43)55)51(67)63(52(38)68)42-18-20-47(64)58-50(42)66/h5-6,9-17,19,29-30,42,52-53,68-70H,2-4,7-8,18,20-28,31H2,1H3,(H,56,59,65)(H,58,64,66).